The first kappa shape index (κ1) is 12.1. The van der Waals surface area contributed by atoms with Crippen molar-refractivity contribution in [3.05, 3.63) is 0 Å². The van der Waals surface area contributed by atoms with E-state index in [1.165, 1.54) is 0 Å². The second-order valence-electron chi connectivity index (χ2n) is 2.71. The van der Waals surface area contributed by atoms with E-state index >= 15 is 0 Å². The predicted octanol–water partition coefficient (Wildman–Crippen LogP) is -0.157. The molecule has 4 N–H and O–H groups in total. The molecular weight excluding hydrogens is 172 g/mol. The minimum Gasteiger partial charge on any atom is -0.395 e. The van der Waals surface area contributed by atoms with Gasteiger partial charge in [-0.3, -0.25) is 0 Å². The van der Waals surface area contributed by atoms with Crippen LogP contribution in [0.5, 0.6) is 0 Å². The van der Waals surface area contributed by atoms with Crippen molar-refractivity contribution in [3.63, 3.8) is 0 Å². The first-order chi connectivity index (χ1) is 5.58. The normalized spacial score (nSPS) is 12.5. The summed E-state index contributed by atoms with van der Waals surface area (Å²) in [5.41, 5.74) is 11.6. The van der Waals surface area contributed by atoms with Crippen LogP contribution >= 0.6 is 0 Å². The van der Waals surface area contributed by atoms with Crippen molar-refractivity contribution in [1.82, 2.24) is 0 Å². The van der Waals surface area contributed by atoms with Crippen LogP contribution in [0.2, 0.25) is 0 Å². The van der Waals surface area contributed by atoms with Gasteiger partial charge in [0.05, 0.1) is 0 Å². The van der Waals surface area contributed by atoms with Gasteiger partial charge in [-0.15, -0.1) is 0 Å². The summed E-state index contributed by atoms with van der Waals surface area (Å²) in [6.07, 6.45) is 0.684. The molecule has 0 aromatic carbocycles. The Balaban J connectivity index is 4.07. The van der Waals surface area contributed by atoms with Gasteiger partial charge in [-0.25, -0.2) is 0 Å². The Kier molecular flexibility index (Phi) is 5.69. The lowest BCUT2D eigenvalue weighted by Crippen LogP contribution is -2.63. The molecule has 4 nitrogen and oxygen atoms in total. The molecule has 0 saturated heterocycles. The van der Waals surface area contributed by atoms with E-state index in [9.17, 15) is 0 Å². The lowest BCUT2D eigenvalue weighted by molar-refractivity contribution is 0.185. The summed E-state index contributed by atoms with van der Waals surface area (Å²) in [4.78, 5) is 0. The van der Waals surface area contributed by atoms with Gasteiger partial charge < -0.3 is 20.3 Å². The van der Waals surface area contributed by atoms with E-state index in [0.717, 1.165) is 0 Å². The van der Waals surface area contributed by atoms with Gasteiger partial charge in [0.15, 0.2) is 0 Å². The highest BCUT2D eigenvalue weighted by Gasteiger charge is 2.33. The third-order valence-corrected chi connectivity index (χ3v) is 4.25. The molecule has 0 unspecified atom stereocenters. The van der Waals surface area contributed by atoms with Crippen LogP contribution in [0.1, 0.15) is 27.2 Å². The van der Waals surface area contributed by atoms with Crippen molar-refractivity contribution in [2.45, 2.75) is 32.5 Å². The number of hydrogen-bond acceptors (Lipinski definition) is 4. The summed E-state index contributed by atoms with van der Waals surface area (Å²) in [7, 11) is -1.89. The fourth-order valence-corrected chi connectivity index (χ4v) is 2.48. The third kappa shape index (κ3) is 3.64. The van der Waals surface area contributed by atoms with E-state index in [1.54, 1.807) is 0 Å². The Labute approximate surface area is 76.1 Å². The van der Waals surface area contributed by atoms with Crippen molar-refractivity contribution < 1.29 is 8.85 Å². The average Bonchev–Trinajstić information content (AvgIpc) is 2.04. The summed E-state index contributed by atoms with van der Waals surface area (Å²) in [5, 5.41) is -0.744. The Morgan fingerprint density at radius 3 is 1.75 bits per heavy atom. The first-order valence-corrected chi connectivity index (χ1v) is 5.91. The highest BCUT2D eigenvalue weighted by atomic mass is 28.3. The van der Waals surface area contributed by atoms with Crippen LogP contribution in [-0.2, 0) is 8.85 Å². The molecule has 0 fully saturated rings. The highest BCUT2D eigenvalue weighted by Crippen LogP contribution is 2.06. The Morgan fingerprint density at radius 2 is 1.50 bits per heavy atom. The predicted molar refractivity (Wildman–Crippen MR) is 51.8 cm³/mol. The molecule has 0 amide bonds. The summed E-state index contributed by atoms with van der Waals surface area (Å²) in [5.74, 6) is 0. The molecule has 5 heteroatoms. The standard InChI is InChI=1S/C7H20N2O2Si/c1-4-7(8,9)12(10-5-2)11-6-3/h12H,4-6,8-9H2,1-3H3. The van der Waals surface area contributed by atoms with E-state index in [0.29, 0.717) is 19.6 Å². The van der Waals surface area contributed by atoms with Crippen molar-refractivity contribution >= 4 is 9.28 Å². The summed E-state index contributed by atoms with van der Waals surface area (Å²) in [6, 6.07) is 0. The second kappa shape index (κ2) is 5.66. The minimum atomic E-state index is -1.89. The molecule has 0 heterocycles. The molecule has 74 valence electrons. The van der Waals surface area contributed by atoms with Crippen LogP contribution in [0.3, 0.4) is 0 Å². The summed E-state index contributed by atoms with van der Waals surface area (Å²) >= 11 is 0. The molecule has 0 aromatic heterocycles. The van der Waals surface area contributed by atoms with Gasteiger partial charge in [-0.1, -0.05) is 6.92 Å². The van der Waals surface area contributed by atoms with E-state index in [-0.39, 0.29) is 0 Å². The van der Waals surface area contributed by atoms with Gasteiger partial charge in [0.1, 0.15) is 5.29 Å². The van der Waals surface area contributed by atoms with Crippen molar-refractivity contribution in [3.8, 4) is 0 Å². The lowest BCUT2D eigenvalue weighted by atomic mass is 10.4. The molecular formula is C7H20N2O2Si. The monoisotopic (exact) mass is 192 g/mol. The van der Waals surface area contributed by atoms with Gasteiger partial charge in [0, 0.05) is 13.2 Å². The number of nitrogens with two attached hydrogens (primary N) is 2. The smallest absolute Gasteiger partial charge is 0.356 e. The van der Waals surface area contributed by atoms with Gasteiger partial charge in [-0.2, -0.15) is 0 Å². The van der Waals surface area contributed by atoms with Crippen LogP contribution < -0.4 is 11.5 Å². The molecule has 12 heavy (non-hydrogen) atoms. The van der Waals surface area contributed by atoms with E-state index in [2.05, 4.69) is 0 Å². The molecule has 0 aliphatic heterocycles. The highest BCUT2D eigenvalue weighted by molar-refractivity contribution is 6.48. The largest absolute Gasteiger partial charge is 0.395 e. The molecule has 0 saturated carbocycles. The maximum absolute atomic E-state index is 5.82. The van der Waals surface area contributed by atoms with Crippen molar-refractivity contribution in [1.29, 1.82) is 0 Å². The van der Waals surface area contributed by atoms with Crippen LogP contribution in [0.4, 0.5) is 0 Å². The Morgan fingerprint density at radius 1 is 1.08 bits per heavy atom. The SMILES string of the molecule is CCO[SiH](OCC)C(N)(N)CC. The van der Waals surface area contributed by atoms with Crippen LogP contribution in [0.25, 0.3) is 0 Å². The quantitative estimate of drug-likeness (QED) is 0.453. The van der Waals surface area contributed by atoms with Gasteiger partial charge in [-0.05, 0) is 20.3 Å². The first-order valence-electron chi connectivity index (χ1n) is 4.39. The van der Waals surface area contributed by atoms with E-state index < -0.39 is 14.6 Å². The Bertz CT molecular complexity index is 116. The fourth-order valence-electron chi connectivity index (χ4n) is 0.828. The van der Waals surface area contributed by atoms with Crippen LogP contribution in [-0.4, -0.2) is 27.8 Å². The lowest BCUT2D eigenvalue weighted by Gasteiger charge is -2.29. The third-order valence-electron chi connectivity index (χ3n) is 1.69. The molecule has 0 aliphatic carbocycles. The summed E-state index contributed by atoms with van der Waals surface area (Å²) < 4.78 is 10.8. The van der Waals surface area contributed by atoms with Crippen molar-refractivity contribution in [2.24, 2.45) is 11.5 Å². The molecule has 0 aromatic rings. The molecule has 0 bridgehead atoms. The molecule has 0 atom stereocenters. The maximum Gasteiger partial charge on any atom is 0.356 e. The fraction of sp³-hybridized carbons (Fsp3) is 1.00. The Hall–Kier alpha value is 0.0569. The zero-order valence-corrected chi connectivity index (χ0v) is 9.32. The van der Waals surface area contributed by atoms with Gasteiger partial charge >= 0.3 is 9.28 Å². The van der Waals surface area contributed by atoms with Gasteiger partial charge in [0.2, 0.25) is 0 Å². The zero-order valence-electron chi connectivity index (χ0n) is 8.17. The second-order valence-corrected chi connectivity index (χ2v) is 5.11. The molecule has 0 aliphatic rings. The van der Waals surface area contributed by atoms with Crippen LogP contribution in [0.15, 0.2) is 0 Å². The zero-order chi connectivity index (χ0) is 9.61. The van der Waals surface area contributed by atoms with Gasteiger partial charge in [0.25, 0.3) is 0 Å². The minimum absolute atomic E-state index is 0.618. The number of rotatable bonds is 6. The number of hydrogen-bond donors (Lipinski definition) is 2. The molecule has 0 rings (SSSR count). The molecule has 0 radical (unpaired) electrons. The van der Waals surface area contributed by atoms with E-state index in [4.69, 9.17) is 20.3 Å². The van der Waals surface area contributed by atoms with Crippen LogP contribution in [0, 0.1) is 0 Å². The topological polar surface area (TPSA) is 70.5 Å². The molecule has 0 spiro atoms. The maximum atomic E-state index is 5.82. The van der Waals surface area contributed by atoms with E-state index in [1.807, 2.05) is 20.8 Å². The van der Waals surface area contributed by atoms with Crippen molar-refractivity contribution in [2.75, 3.05) is 13.2 Å². The summed E-state index contributed by atoms with van der Waals surface area (Å²) in [6.45, 7) is 7.02. The average molecular weight is 192 g/mol.